The summed E-state index contributed by atoms with van der Waals surface area (Å²) in [6, 6.07) is 19.6. The number of nitrogens with one attached hydrogen (secondary N) is 2. The lowest BCUT2D eigenvalue weighted by molar-refractivity contribution is -0.116. The second-order valence-electron chi connectivity index (χ2n) is 7.50. The van der Waals surface area contributed by atoms with Gasteiger partial charge in [0.1, 0.15) is 0 Å². The van der Waals surface area contributed by atoms with E-state index in [9.17, 15) is 4.79 Å². The van der Waals surface area contributed by atoms with Crippen LogP contribution in [0.1, 0.15) is 35.9 Å². The van der Waals surface area contributed by atoms with Crippen molar-refractivity contribution in [2.45, 2.75) is 24.8 Å². The highest BCUT2D eigenvalue weighted by Crippen LogP contribution is 2.44. The Kier molecular flexibility index (Phi) is 4.57. The standard InChI is InChI=1S/C24H20ClN3O/c25-18-7-5-15(6-8-18)17-13-21-23(22(29)14-17)24(16-9-11-26-12-10-16)28-20-4-2-1-3-19(20)27-21/h1-12,17,24,27-28H,13-14H2/t17-,24+/m0/s1. The number of carbonyl (C=O) groups is 1. The fourth-order valence-electron chi connectivity index (χ4n) is 4.27. The van der Waals surface area contributed by atoms with E-state index in [1.165, 1.54) is 0 Å². The van der Waals surface area contributed by atoms with Crippen molar-refractivity contribution in [3.05, 3.63) is 100 Å². The SMILES string of the molecule is O=C1C[C@@H](c2ccc(Cl)cc2)CC2=C1[C@@H](c1ccncc1)Nc1ccccc1N2. The van der Waals surface area contributed by atoms with E-state index in [1.807, 2.05) is 60.7 Å². The zero-order valence-electron chi connectivity index (χ0n) is 15.7. The predicted molar refractivity (Wildman–Crippen MR) is 116 cm³/mol. The molecule has 2 aliphatic rings. The molecule has 0 saturated heterocycles. The zero-order valence-corrected chi connectivity index (χ0v) is 16.5. The first kappa shape index (κ1) is 18.0. The number of halogens is 1. The van der Waals surface area contributed by atoms with Gasteiger partial charge >= 0.3 is 0 Å². The normalized spacial score (nSPS) is 20.8. The molecular weight excluding hydrogens is 382 g/mol. The Morgan fingerprint density at radius 2 is 1.59 bits per heavy atom. The smallest absolute Gasteiger partial charge is 0.163 e. The van der Waals surface area contributed by atoms with Crippen LogP contribution < -0.4 is 10.6 Å². The van der Waals surface area contributed by atoms with E-state index < -0.39 is 0 Å². The van der Waals surface area contributed by atoms with E-state index in [1.54, 1.807) is 12.4 Å². The van der Waals surface area contributed by atoms with Crippen LogP contribution >= 0.6 is 11.6 Å². The number of anilines is 2. The largest absolute Gasteiger partial charge is 0.372 e. The molecule has 2 N–H and O–H groups in total. The van der Waals surface area contributed by atoms with Crippen molar-refractivity contribution in [1.82, 2.24) is 4.98 Å². The molecule has 0 unspecified atom stereocenters. The monoisotopic (exact) mass is 401 g/mol. The fraction of sp³-hybridized carbons (Fsp3) is 0.167. The van der Waals surface area contributed by atoms with Gasteiger partial charge in [-0.25, -0.2) is 0 Å². The Hall–Kier alpha value is -3.11. The van der Waals surface area contributed by atoms with Crippen LogP contribution in [0.3, 0.4) is 0 Å². The summed E-state index contributed by atoms with van der Waals surface area (Å²) < 4.78 is 0. The number of Topliss-reactive ketones (excluding diaryl/α,β-unsaturated/α-hetero) is 1. The molecule has 1 aliphatic carbocycles. The summed E-state index contributed by atoms with van der Waals surface area (Å²) in [5.41, 5.74) is 5.95. The van der Waals surface area contributed by atoms with Crippen LogP contribution in [0.2, 0.25) is 5.02 Å². The number of carbonyl (C=O) groups excluding carboxylic acids is 1. The lowest BCUT2D eigenvalue weighted by Crippen LogP contribution is -2.26. The number of fused-ring (bicyclic) bond motifs is 1. The Morgan fingerprint density at radius 1 is 0.862 bits per heavy atom. The molecule has 2 atom stereocenters. The van der Waals surface area contributed by atoms with Gasteiger partial charge in [-0.2, -0.15) is 0 Å². The third-order valence-corrected chi connectivity index (χ3v) is 5.94. The Balaban J connectivity index is 1.60. The summed E-state index contributed by atoms with van der Waals surface area (Å²) in [4.78, 5) is 17.5. The van der Waals surface area contributed by atoms with Crippen molar-refractivity contribution in [1.29, 1.82) is 0 Å². The fourth-order valence-corrected chi connectivity index (χ4v) is 4.39. The number of aromatic nitrogens is 1. The van der Waals surface area contributed by atoms with Crippen LogP contribution in [-0.4, -0.2) is 10.8 Å². The number of hydrogen-bond donors (Lipinski definition) is 2. The highest BCUT2D eigenvalue weighted by molar-refractivity contribution is 6.30. The molecule has 0 bridgehead atoms. The number of nitrogens with zero attached hydrogens (tertiary/aromatic N) is 1. The molecular formula is C24H20ClN3O. The third kappa shape index (κ3) is 3.40. The van der Waals surface area contributed by atoms with Crippen LogP contribution in [0.25, 0.3) is 0 Å². The van der Waals surface area contributed by atoms with Crippen molar-refractivity contribution in [2.24, 2.45) is 0 Å². The summed E-state index contributed by atoms with van der Waals surface area (Å²) >= 11 is 6.05. The molecule has 5 heteroatoms. The second kappa shape index (κ2) is 7.37. The van der Waals surface area contributed by atoms with Gasteiger partial charge in [0.2, 0.25) is 0 Å². The molecule has 29 heavy (non-hydrogen) atoms. The number of ketones is 1. The molecule has 0 fully saturated rings. The zero-order chi connectivity index (χ0) is 19.8. The molecule has 3 aromatic rings. The third-order valence-electron chi connectivity index (χ3n) is 5.69. The summed E-state index contributed by atoms with van der Waals surface area (Å²) in [5.74, 6) is 0.301. The molecule has 1 aliphatic heterocycles. The van der Waals surface area contributed by atoms with Gasteiger partial charge in [0, 0.05) is 35.1 Å². The maximum Gasteiger partial charge on any atom is 0.163 e. The number of benzene rings is 2. The molecule has 2 heterocycles. The summed E-state index contributed by atoms with van der Waals surface area (Å²) in [5, 5.41) is 7.85. The lowest BCUT2D eigenvalue weighted by Gasteiger charge is -2.30. The predicted octanol–water partition coefficient (Wildman–Crippen LogP) is 5.71. The average Bonchev–Trinajstić information content (AvgIpc) is 2.92. The van der Waals surface area contributed by atoms with Crippen LogP contribution in [0.5, 0.6) is 0 Å². The van der Waals surface area contributed by atoms with Crippen LogP contribution in [0, 0.1) is 0 Å². The van der Waals surface area contributed by atoms with E-state index >= 15 is 0 Å². The first-order valence-electron chi connectivity index (χ1n) is 9.73. The van der Waals surface area contributed by atoms with Crippen molar-refractivity contribution in [3.63, 3.8) is 0 Å². The molecule has 0 radical (unpaired) electrons. The van der Waals surface area contributed by atoms with Gasteiger partial charge < -0.3 is 10.6 Å². The van der Waals surface area contributed by atoms with Gasteiger partial charge in [0.05, 0.1) is 17.4 Å². The van der Waals surface area contributed by atoms with Gasteiger partial charge in [-0.15, -0.1) is 0 Å². The highest BCUT2D eigenvalue weighted by Gasteiger charge is 2.35. The minimum Gasteiger partial charge on any atom is -0.372 e. The van der Waals surface area contributed by atoms with E-state index in [0.29, 0.717) is 11.4 Å². The van der Waals surface area contributed by atoms with Crippen molar-refractivity contribution in [2.75, 3.05) is 10.6 Å². The van der Waals surface area contributed by atoms with Gasteiger partial charge in [-0.05, 0) is 59.9 Å². The topological polar surface area (TPSA) is 54.0 Å². The van der Waals surface area contributed by atoms with Gasteiger partial charge in [-0.1, -0.05) is 35.9 Å². The number of hydrogen-bond acceptors (Lipinski definition) is 4. The molecule has 0 spiro atoms. The first-order chi connectivity index (χ1) is 14.2. The summed E-state index contributed by atoms with van der Waals surface area (Å²) in [6.07, 6.45) is 4.80. The maximum atomic E-state index is 13.4. The van der Waals surface area contributed by atoms with Crippen molar-refractivity contribution >= 4 is 28.8 Å². The van der Waals surface area contributed by atoms with Crippen LogP contribution in [0.15, 0.2) is 84.3 Å². The first-order valence-corrected chi connectivity index (χ1v) is 10.1. The molecule has 0 saturated carbocycles. The Morgan fingerprint density at radius 3 is 2.34 bits per heavy atom. The number of allylic oxidation sites excluding steroid dienone is 1. The van der Waals surface area contributed by atoms with Crippen LogP contribution in [0.4, 0.5) is 11.4 Å². The minimum atomic E-state index is -0.206. The molecule has 1 aromatic heterocycles. The molecule has 4 nitrogen and oxygen atoms in total. The van der Waals surface area contributed by atoms with Gasteiger partial charge in [0.25, 0.3) is 0 Å². The van der Waals surface area contributed by atoms with E-state index in [2.05, 4.69) is 15.6 Å². The lowest BCUT2D eigenvalue weighted by atomic mass is 9.78. The quantitative estimate of drug-likeness (QED) is 0.577. The highest BCUT2D eigenvalue weighted by atomic mass is 35.5. The van der Waals surface area contributed by atoms with E-state index in [4.69, 9.17) is 11.6 Å². The molecule has 5 rings (SSSR count). The van der Waals surface area contributed by atoms with Gasteiger partial charge in [0.15, 0.2) is 5.78 Å². The second-order valence-corrected chi connectivity index (χ2v) is 7.94. The van der Waals surface area contributed by atoms with E-state index in [-0.39, 0.29) is 17.7 Å². The van der Waals surface area contributed by atoms with Crippen LogP contribution in [-0.2, 0) is 4.79 Å². The summed E-state index contributed by atoms with van der Waals surface area (Å²) in [6.45, 7) is 0. The Bertz CT molecular complexity index is 1090. The Labute approximate surface area is 174 Å². The number of rotatable bonds is 2. The molecule has 144 valence electrons. The molecule has 0 amide bonds. The number of pyridine rings is 1. The minimum absolute atomic E-state index is 0.134. The maximum absolute atomic E-state index is 13.4. The summed E-state index contributed by atoms with van der Waals surface area (Å²) in [7, 11) is 0. The average molecular weight is 402 g/mol. The van der Waals surface area contributed by atoms with Crippen molar-refractivity contribution in [3.8, 4) is 0 Å². The number of para-hydroxylation sites is 2. The van der Waals surface area contributed by atoms with Gasteiger partial charge in [-0.3, -0.25) is 9.78 Å². The molecule has 2 aromatic carbocycles. The van der Waals surface area contributed by atoms with Crippen molar-refractivity contribution < 1.29 is 4.79 Å². The van der Waals surface area contributed by atoms with E-state index in [0.717, 1.165) is 40.2 Å².